The van der Waals surface area contributed by atoms with Crippen molar-refractivity contribution in [1.29, 1.82) is 0 Å². The lowest BCUT2D eigenvalue weighted by Gasteiger charge is -2.13. The van der Waals surface area contributed by atoms with E-state index in [4.69, 9.17) is 9.47 Å². The van der Waals surface area contributed by atoms with E-state index in [1.54, 1.807) is 31.1 Å². The van der Waals surface area contributed by atoms with Crippen LogP contribution in [0.15, 0.2) is 35.4 Å². The van der Waals surface area contributed by atoms with Crippen molar-refractivity contribution in [2.24, 2.45) is 14.1 Å². The molecule has 0 aromatic carbocycles. The van der Waals surface area contributed by atoms with E-state index in [0.717, 1.165) is 29.1 Å². The number of methoxy groups -OCH3 is 1. The Morgan fingerprint density at radius 3 is 2.67 bits per heavy atom. The first-order valence-corrected chi connectivity index (χ1v) is 9.81. The van der Waals surface area contributed by atoms with Crippen molar-refractivity contribution >= 4 is 5.69 Å². The Hall–Kier alpha value is -3.36. The minimum absolute atomic E-state index is 0.209. The molecule has 3 rings (SSSR count). The second-order valence-electron chi connectivity index (χ2n) is 7.25. The van der Waals surface area contributed by atoms with E-state index in [1.165, 1.54) is 4.68 Å². The Labute approximate surface area is 175 Å². The van der Waals surface area contributed by atoms with Gasteiger partial charge >= 0.3 is 0 Å². The third kappa shape index (κ3) is 5.16. The fraction of sp³-hybridized carbons (Fsp3) is 0.429. The normalized spacial score (nSPS) is 11.9. The molecule has 0 saturated heterocycles. The molecular weight excluding hydrogens is 384 g/mol. The summed E-state index contributed by atoms with van der Waals surface area (Å²) in [6.07, 6.45) is 4.41. The highest BCUT2D eigenvalue weighted by molar-refractivity contribution is 5.44. The summed E-state index contributed by atoms with van der Waals surface area (Å²) in [6, 6.07) is 5.50. The van der Waals surface area contributed by atoms with Crippen LogP contribution in [0, 0.1) is 6.92 Å². The highest BCUT2D eigenvalue weighted by atomic mass is 16.5. The molecule has 1 unspecified atom stereocenters. The van der Waals surface area contributed by atoms with Crippen LogP contribution in [0.5, 0.6) is 11.6 Å². The van der Waals surface area contributed by atoms with Crippen LogP contribution in [0.1, 0.15) is 36.2 Å². The third-order valence-corrected chi connectivity index (χ3v) is 4.93. The molecule has 0 aliphatic heterocycles. The van der Waals surface area contributed by atoms with Crippen LogP contribution in [0.25, 0.3) is 0 Å². The molecule has 9 heteroatoms. The van der Waals surface area contributed by atoms with E-state index in [0.29, 0.717) is 24.7 Å². The zero-order valence-corrected chi connectivity index (χ0v) is 18.0. The van der Waals surface area contributed by atoms with Gasteiger partial charge in [-0.05, 0) is 25.5 Å². The number of rotatable bonds is 9. The smallest absolute Gasteiger partial charge is 0.290 e. The summed E-state index contributed by atoms with van der Waals surface area (Å²) < 4.78 is 14.0. The van der Waals surface area contributed by atoms with Crippen molar-refractivity contribution < 1.29 is 9.47 Å². The molecule has 1 N–H and O–H groups in total. The van der Waals surface area contributed by atoms with Crippen molar-refractivity contribution in [3.63, 3.8) is 0 Å². The Morgan fingerprint density at radius 1 is 1.23 bits per heavy atom. The molecule has 0 bridgehead atoms. The molecular formula is C21H28N6O3. The van der Waals surface area contributed by atoms with Crippen molar-refractivity contribution in [3.8, 4) is 11.6 Å². The van der Waals surface area contributed by atoms with Crippen LogP contribution < -0.4 is 20.3 Å². The summed E-state index contributed by atoms with van der Waals surface area (Å²) in [5.41, 5.74) is 3.16. The van der Waals surface area contributed by atoms with Gasteiger partial charge in [0.15, 0.2) is 0 Å². The maximum absolute atomic E-state index is 12.4. The largest absolute Gasteiger partial charge is 0.495 e. The monoisotopic (exact) mass is 412 g/mol. The third-order valence-electron chi connectivity index (χ3n) is 4.93. The predicted molar refractivity (Wildman–Crippen MR) is 114 cm³/mol. The van der Waals surface area contributed by atoms with Gasteiger partial charge in [0, 0.05) is 50.1 Å². The number of pyridine rings is 1. The lowest BCUT2D eigenvalue weighted by Crippen LogP contribution is -2.24. The minimum Gasteiger partial charge on any atom is -0.495 e. The van der Waals surface area contributed by atoms with Gasteiger partial charge < -0.3 is 14.8 Å². The Balaban J connectivity index is 1.60. The quantitative estimate of drug-likeness (QED) is 0.576. The van der Waals surface area contributed by atoms with Gasteiger partial charge in [0.25, 0.3) is 5.56 Å². The minimum atomic E-state index is -0.209. The molecule has 9 nitrogen and oxygen atoms in total. The molecule has 0 saturated carbocycles. The van der Waals surface area contributed by atoms with Crippen molar-refractivity contribution in [2.45, 2.75) is 32.7 Å². The molecule has 0 aliphatic carbocycles. The zero-order chi connectivity index (χ0) is 21.7. The van der Waals surface area contributed by atoms with Crippen molar-refractivity contribution in [3.05, 3.63) is 57.9 Å². The Bertz CT molecular complexity index is 1040. The van der Waals surface area contributed by atoms with Crippen molar-refractivity contribution in [1.82, 2.24) is 24.5 Å². The predicted octanol–water partition coefficient (Wildman–Crippen LogP) is 2.41. The average molecular weight is 412 g/mol. The lowest BCUT2D eigenvalue weighted by atomic mass is 10.0. The van der Waals surface area contributed by atoms with E-state index in [-0.39, 0.29) is 11.5 Å². The highest BCUT2D eigenvalue weighted by Crippen LogP contribution is 2.20. The van der Waals surface area contributed by atoms with Gasteiger partial charge in [-0.3, -0.25) is 14.5 Å². The van der Waals surface area contributed by atoms with Gasteiger partial charge in [0.05, 0.1) is 25.6 Å². The van der Waals surface area contributed by atoms with E-state index in [2.05, 4.69) is 27.4 Å². The summed E-state index contributed by atoms with van der Waals surface area (Å²) in [5, 5.41) is 11.7. The van der Waals surface area contributed by atoms with E-state index < -0.39 is 0 Å². The first kappa shape index (κ1) is 21.4. The summed E-state index contributed by atoms with van der Waals surface area (Å²) in [5.74, 6) is 1.35. The lowest BCUT2D eigenvalue weighted by molar-refractivity contribution is 0.281. The molecule has 0 spiro atoms. The van der Waals surface area contributed by atoms with Gasteiger partial charge in [-0.2, -0.15) is 5.10 Å². The fourth-order valence-corrected chi connectivity index (χ4v) is 3.08. The van der Waals surface area contributed by atoms with Crippen LogP contribution in [-0.4, -0.2) is 38.3 Å². The standard InChI is InChI=1S/C21H28N6O3/c1-14(18-7-6-17(29-5)12-23-18)8-9-30-20-10-19(21(28)27(4)25-20)22-11-16-13-26(3)24-15(16)2/h6-7,10,12-14,22H,8-9,11H2,1-5H3. The average Bonchev–Trinajstić information content (AvgIpc) is 3.06. The van der Waals surface area contributed by atoms with Crippen LogP contribution in [0.2, 0.25) is 0 Å². The van der Waals surface area contributed by atoms with E-state index in [1.807, 2.05) is 32.3 Å². The number of nitrogens with zero attached hydrogens (tertiary/aromatic N) is 5. The van der Waals surface area contributed by atoms with Crippen LogP contribution >= 0.6 is 0 Å². The number of aryl methyl sites for hydroxylation is 3. The summed E-state index contributed by atoms with van der Waals surface area (Å²) >= 11 is 0. The number of nitrogens with one attached hydrogen (secondary N) is 1. The highest BCUT2D eigenvalue weighted by Gasteiger charge is 2.11. The molecule has 0 amide bonds. The molecule has 30 heavy (non-hydrogen) atoms. The summed E-state index contributed by atoms with van der Waals surface area (Å²) in [7, 11) is 5.10. The molecule has 0 fully saturated rings. The van der Waals surface area contributed by atoms with Gasteiger partial charge in [-0.1, -0.05) is 6.92 Å². The van der Waals surface area contributed by atoms with Gasteiger partial charge in [0.2, 0.25) is 5.88 Å². The Kier molecular flexibility index (Phi) is 6.71. The maximum atomic E-state index is 12.4. The SMILES string of the molecule is COc1ccc(C(C)CCOc2cc(NCc3cn(C)nc3C)c(=O)n(C)n2)nc1. The molecule has 3 aromatic rings. The summed E-state index contributed by atoms with van der Waals surface area (Å²) in [6.45, 7) is 4.99. The topological polar surface area (TPSA) is 96.1 Å². The number of hydrogen-bond donors (Lipinski definition) is 1. The second kappa shape index (κ2) is 9.43. The molecule has 160 valence electrons. The van der Waals surface area contributed by atoms with Gasteiger partial charge in [-0.15, -0.1) is 5.10 Å². The second-order valence-corrected chi connectivity index (χ2v) is 7.25. The number of ether oxygens (including phenoxy) is 2. The number of aromatic nitrogens is 5. The van der Waals surface area contributed by atoms with Crippen LogP contribution in [0.3, 0.4) is 0 Å². The Morgan fingerprint density at radius 2 is 2.03 bits per heavy atom. The van der Waals surface area contributed by atoms with E-state index in [9.17, 15) is 4.79 Å². The van der Waals surface area contributed by atoms with Crippen molar-refractivity contribution in [2.75, 3.05) is 19.0 Å². The molecule has 1 atom stereocenters. The molecule has 3 aromatic heterocycles. The fourth-order valence-electron chi connectivity index (χ4n) is 3.08. The first-order chi connectivity index (χ1) is 14.4. The maximum Gasteiger partial charge on any atom is 0.290 e. The summed E-state index contributed by atoms with van der Waals surface area (Å²) in [4.78, 5) is 16.8. The molecule has 0 radical (unpaired) electrons. The number of anilines is 1. The van der Waals surface area contributed by atoms with Gasteiger partial charge in [0.1, 0.15) is 11.4 Å². The van der Waals surface area contributed by atoms with Crippen LogP contribution in [0.4, 0.5) is 5.69 Å². The van der Waals surface area contributed by atoms with Gasteiger partial charge in [-0.25, -0.2) is 4.68 Å². The van der Waals surface area contributed by atoms with Crippen LogP contribution in [-0.2, 0) is 20.6 Å². The van der Waals surface area contributed by atoms with E-state index >= 15 is 0 Å². The molecule has 0 aliphatic rings. The number of hydrogen-bond acceptors (Lipinski definition) is 7. The first-order valence-electron chi connectivity index (χ1n) is 9.81. The molecule has 3 heterocycles. The zero-order valence-electron chi connectivity index (χ0n) is 18.0.